The third-order valence-electron chi connectivity index (χ3n) is 1.65. The number of Topliss-reactive ketones (excluding diaryl/α,β-unsaturated/α-hetero) is 1. The normalized spacial score (nSPS) is 15.6. The van der Waals surface area contributed by atoms with Gasteiger partial charge in [0, 0.05) is 14.2 Å². The number of nitrogens with one attached hydrogen (secondary N) is 2. The number of hydrogen-bond donors (Lipinski definition) is 2. The zero-order valence-electron chi connectivity index (χ0n) is 7.97. The van der Waals surface area contributed by atoms with Gasteiger partial charge in [0.05, 0.1) is 0 Å². The zero-order valence-corrected chi connectivity index (χ0v) is 8.87. The Hall–Kier alpha value is -0.980. The minimum Gasteiger partial charge on any atom is -0.308 e. The van der Waals surface area contributed by atoms with Crippen molar-refractivity contribution in [2.75, 3.05) is 14.2 Å². The van der Waals surface area contributed by atoms with Gasteiger partial charge in [0.2, 0.25) is 0 Å². The Labute approximate surface area is 80.5 Å². The van der Waals surface area contributed by atoms with Crippen LogP contribution < -0.4 is 0 Å². The smallest absolute Gasteiger partial charge is 0.308 e. The monoisotopic (exact) mass is 222 g/mol. The van der Waals surface area contributed by atoms with Crippen molar-refractivity contribution in [2.45, 2.75) is 12.3 Å². The predicted molar refractivity (Wildman–Crippen MR) is 45.3 cm³/mol. The molecule has 0 amide bonds. The Bertz CT molecular complexity index is 288. The summed E-state index contributed by atoms with van der Waals surface area (Å²) >= 11 is 0. The Morgan fingerprint density at radius 1 is 1.29 bits per heavy atom. The number of hydrogen-bond acceptors (Lipinski definition) is 8. The summed E-state index contributed by atoms with van der Waals surface area (Å²) in [5, 5.41) is 3.16. The van der Waals surface area contributed by atoms with Crippen LogP contribution >= 0.6 is 7.60 Å². The van der Waals surface area contributed by atoms with Gasteiger partial charge in [0.1, 0.15) is 0 Å². The van der Waals surface area contributed by atoms with Crippen LogP contribution in [0.2, 0.25) is 0 Å². The second-order valence-corrected chi connectivity index (χ2v) is 4.63. The van der Waals surface area contributed by atoms with Gasteiger partial charge in [0.15, 0.2) is 5.78 Å². The molecular formula is C5H11N4O4P. The van der Waals surface area contributed by atoms with Crippen LogP contribution in [0.25, 0.3) is 0 Å². The molecule has 0 unspecified atom stereocenters. The summed E-state index contributed by atoms with van der Waals surface area (Å²) < 4.78 is 20.7. The predicted octanol–water partition coefficient (Wildman–Crippen LogP) is 1.78. The first-order valence-corrected chi connectivity index (χ1v) is 4.98. The van der Waals surface area contributed by atoms with E-state index in [1.807, 2.05) is 0 Å². The highest BCUT2D eigenvalue weighted by Crippen LogP contribution is 2.60. The largest absolute Gasteiger partial charge is 0.391 e. The molecule has 9 heteroatoms. The lowest BCUT2D eigenvalue weighted by Crippen LogP contribution is -2.32. The lowest BCUT2D eigenvalue weighted by Gasteiger charge is -2.25. The lowest BCUT2D eigenvalue weighted by molar-refractivity contribution is -0.120. The van der Waals surface area contributed by atoms with E-state index in [4.69, 9.17) is 11.1 Å². The van der Waals surface area contributed by atoms with Crippen molar-refractivity contribution in [3.8, 4) is 0 Å². The van der Waals surface area contributed by atoms with E-state index in [0.717, 1.165) is 21.1 Å². The summed E-state index contributed by atoms with van der Waals surface area (Å²) in [6.45, 7) is 1.00. The molecule has 0 fully saturated rings. The molecule has 0 aliphatic heterocycles. The number of rotatable bonds is 6. The van der Waals surface area contributed by atoms with E-state index in [1.165, 1.54) is 0 Å². The van der Waals surface area contributed by atoms with E-state index in [-0.39, 0.29) is 0 Å². The Morgan fingerprint density at radius 3 is 1.71 bits per heavy atom. The van der Waals surface area contributed by atoms with Crippen LogP contribution in [0.3, 0.4) is 0 Å². The third kappa shape index (κ3) is 1.63. The summed E-state index contributed by atoms with van der Waals surface area (Å²) in [7, 11) is -1.98. The molecule has 80 valence electrons. The van der Waals surface area contributed by atoms with E-state index in [9.17, 15) is 9.36 Å². The minimum absolute atomic E-state index is 0.852. The number of nitrogens with zero attached hydrogens (tertiary/aromatic N) is 2. The molecular weight excluding hydrogens is 211 g/mol. The maximum Gasteiger partial charge on any atom is 0.391 e. The molecule has 0 saturated heterocycles. The van der Waals surface area contributed by atoms with Crippen LogP contribution in [0.1, 0.15) is 6.92 Å². The SMILES string of the molecule is COP(=O)(OC)C(N=N)(N=N)C(C)=O. The molecule has 0 aliphatic carbocycles. The molecule has 0 rings (SSSR count). The van der Waals surface area contributed by atoms with Crippen LogP contribution in [0, 0.1) is 11.1 Å². The van der Waals surface area contributed by atoms with Gasteiger partial charge in [0.25, 0.3) is 0 Å². The van der Waals surface area contributed by atoms with Crippen molar-refractivity contribution in [3.05, 3.63) is 0 Å². The van der Waals surface area contributed by atoms with Crippen molar-refractivity contribution in [1.82, 2.24) is 0 Å². The Morgan fingerprint density at radius 2 is 1.64 bits per heavy atom. The van der Waals surface area contributed by atoms with Gasteiger partial charge in [-0.25, -0.2) is 11.1 Å². The number of carbonyl (C=O) groups is 1. The number of ketones is 1. The van der Waals surface area contributed by atoms with Gasteiger partial charge in [-0.15, -0.1) is 10.2 Å². The van der Waals surface area contributed by atoms with Crippen molar-refractivity contribution >= 4 is 13.4 Å². The molecule has 0 spiro atoms. The highest BCUT2D eigenvalue weighted by Gasteiger charge is 2.56. The van der Waals surface area contributed by atoms with Crippen molar-refractivity contribution < 1.29 is 18.4 Å². The first-order chi connectivity index (χ1) is 6.44. The molecule has 8 nitrogen and oxygen atoms in total. The first kappa shape index (κ1) is 13.0. The molecule has 0 bridgehead atoms. The fraction of sp³-hybridized carbons (Fsp3) is 0.800. The fourth-order valence-corrected chi connectivity index (χ4v) is 2.12. The molecule has 0 saturated carbocycles. The van der Waals surface area contributed by atoms with Crippen LogP contribution in [0.4, 0.5) is 0 Å². The van der Waals surface area contributed by atoms with Crippen LogP contribution in [-0.4, -0.2) is 25.4 Å². The minimum atomic E-state index is -4.04. The fourth-order valence-electron chi connectivity index (χ4n) is 0.827. The van der Waals surface area contributed by atoms with Crippen molar-refractivity contribution in [1.29, 1.82) is 11.1 Å². The molecule has 0 atom stereocenters. The van der Waals surface area contributed by atoms with Gasteiger partial charge < -0.3 is 9.05 Å². The van der Waals surface area contributed by atoms with Crippen molar-refractivity contribution in [2.24, 2.45) is 10.2 Å². The molecule has 14 heavy (non-hydrogen) atoms. The maximum atomic E-state index is 11.8. The summed E-state index contributed by atoms with van der Waals surface area (Å²) in [4.78, 5) is 11.1. The van der Waals surface area contributed by atoms with E-state index >= 15 is 0 Å². The topological polar surface area (TPSA) is 125 Å². The number of carbonyl (C=O) groups excluding carboxylic acids is 1. The summed E-state index contributed by atoms with van der Waals surface area (Å²) in [6.07, 6.45) is 0. The molecule has 0 radical (unpaired) electrons. The van der Waals surface area contributed by atoms with E-state index < -0.39 is 18.8 Å². The lowest BCUT2D eigenvalue weighted by atomic mass is 10.4. The highest BCUT2D eigenvalue weighted by molar-refractivity contribution is 7.56. The summed E-state index contributed by atoms with van der Waals surface area (Å²) in [5.41, 5.74) is 13.5. The third-order valence-corrected chi connectivity index (χ3v) is 3.89. The molecule has 2 N–H and O–H groups in total. The van der Waals surface area contributed by atoms with E-state index in [1.54, 1.807) is 0 Å². The summed E-state index contributed by atoms with van der Waals surface area (Å²) in [6, 6.07) is 0. The van der Waals surface area contributed by atoms with Crippen molar-refractivity contribution in [3.63, 3.8) is 0 Å². The maximum absolute atomic E-state index is 11.8. The zero-order chi connectivity index (χ0) is 11.4. The Balaban J connectivity index is 5.61. The van der Waals surface area contributed by atoms with Gasteiger partial charge >= 0.3 is 13.0 Å². The highest BCUT2D eigenvalue weighted by atomic mass is 31.2. The van der Waals surface area contributed by atoms with Gasteiger partial charge in [-0.2, -0.15) is 0 Å². The van der Waals surface area contributed by atoms with Crippen LogP contribution in [-0.2, 0) is 18.4 Å². The average Bonchev–Trinajstić information content (AvgIpc) is 2.19. The first-order valence-electron chi connectivity index (χ1n) is 3.44. The molecule has 0 heterocycles. The van der Waals surface area contributed by atoms with Crippen LogP contribution in [0.15, 0.2) is 10.2 Å². The second-order valence-electron chi connectivity index (χ2n) is 2.28. The molecule has 0 aromatic carbocycles. The molecule has 0 aromatic heterocycles. The van der Waals surface area contributed by atoms with E-state index in [2.05, 4.69) is 19.3 Å². The van der Waals surface area contributed by atoms with Gasteiger partial charge in [-0.1, -0.05) is 0 Å². The molecule has 0 aliphatic rings. The van der Waals surface area contributed by atoms with Crippen LogP contribution in [0.5, 0.6) is 0 Å². The van der Waals surface area contributed by atoms with E-state index in [0.29, 0.717) is 0 Å². The van der Waals surface area contributed by atoms with Gasteiger partial charge in [-0.3, -0.25) is 9.36 Å². The quantitative estimate of drug-likeness (QED) is 0.524. The van der Waals surface area contributed by atoms with Gasteiger partial charge in [-0.05, 0) is 6.92 Å². The molecule has 0 aromatic rings. The Kier molecular flexibility index (Phi) is 4.18. The average molecular weight is 222 g/mol. The standard InChI is InChI=1S/C5H11N4O4P/c1-4(10)5(8-6,9-7)14(11,12-2)13-3/h6-7H,1-3H3. The summed E-state index contributed by atoms with van der Waals surface area (Å²) in [5.74, 6) is -0.852. The second kappa shape index (κ2) is 4.50.